The van der Waals surface area contributed by atoms with Crippen molar-refractivity contribution in [3.63, 3.8) is 0 Å². The summed E-state index contributed by atoms with van der Waals surface area (Å²) in [5.74, 6) is 0. The molecule has 0 bridgehead atoms. The molecule has 0 radical (unpaired) electrons. The lowest BCUT2D eigenvalue weighted by Crippen LogP contribution is -2.07. The van der Waals surface area contributed by atoms with E-state index >= 15 is 0 Å². The van der Waals surface area contributed by atoms with E-state index in [-0.39, 0.29) is 0 Å². The molecule has 0 amide bonds. The number of nitriles is 1. The van der Waals surface area contributed by atoms with Gasteiger partial charge in [0.15, 0.2) is 5.69 Å². The van der Waals surface area contributed by atoms with Crippen molar-refractivity contribution in [2.75, 3.05) is 11.9 Å². The smallest absolute Gasteiger partial charge is 0.163 e. The first-order valence-corrected chi connectivity index (χ1v) is 6.17. The molecule has 2 heterocycles. The van der Waals surface area contributed by atoms with Crippen molar-refractivity contribution in [2.45, 2.75) is 13.3 Å². The Morgan fingerprint density at radius 3 is 3.12 bits per heavy atom. The Morgan fingerprint density at radius 1 is 1.53 bits per heavy atom. The normalized spacial score (nSPS) is 9.88. The molecule has 0 aliphatic rings. The molecule has 0 saturated carbocycles. The summed E-state index contributed by atoms with van der Waals surface area (Å²) in [6, 6.07) is 5.74. The number of aryl methyl sites for hydroxylation is 1. The van der Waals surface area contributed by atoms with E-state index in [0.29, 0.717) is 5.69 Å². The second kappa shape index (κ2) is 5.41. The first kappa shape index (κ1) is 11.6. The molecular weight excluding hydrogens is 232 g/mol. The maximum Gasteiger partial charge on any atom is 0.163 e. The molecule has 2 aromatic heterocycles. The van der Waals surface area contributed by atoms with Crippen LogP contribution >= 0.6 is 11.3 Å². The molecule has 5 heteroatoms. The topological polar surface area (TPSA) is 61.6 Å². The molecule has 0 atom stereocenters. The fourth-order valence-corrected chi connectivity index (χ4v) is 2.13. The average Bonchev–Trinajstić information content (AvgIpc) is 2.76. The zero-order valence-electron chi connectivity index (χ0n) is 9.47. The summed E-state index contributed by atoms with van der Waals surface area (Å²) in [5.41, 5.74) is 2.30. The molecule has 2 rings (SSSR count). The number of thiazole rings is 1. The van der Waals surface area contributed by atoms with Gasteiger partial charge in [0, 0.05) is 24.5 Å². The van der Waals surface area contributed by atoms with Crippen molar-refractivity contribution >= 4 is 17.0 Å². The fraction of sp³-hybridized carbons (Fsp3) is 0.250. The van der Waals surface area contributed by atoms with Crippen LogP contribution in [0, 0.1) is 18.3 Å². The molecule has 1 N–H and O–H groups in total. The Balaban J connectivity index is 1.92. The Kier molecular flexibility index (Phi) is 3.68. The Morgan fingerprint density at radius 2 is 2.41 bits per heavy atom. The van der Waals surface area contributed by atoms with Gasteiger partial charge in [0.05, 0.1) is 16.4 Å². The molecule has 0 unspecified atom stereocenters. The predicted octanol–water partition coefficient (Wildman–Crippen LogP) is 2.37. The summed E-state index contributed by atoms with van der Waals surface area (Å²) in [6.07, 6.45) is 2.47. The summed E-state index contributed by atoms with van der Waals surface area (Å²) in [4.78, 5) is 8.37. The van der Waals surface area contributed by atoms with E-state index in [1.165, 1.54) is 0 Å². The lowest BCUT2D eigenvalue weighted by molar-refractivity contribution is 0.965. The van der Waals surface area contributed by atoms with Crippen molar-refractivity contribution < 1.29 is 0 Å². The van der Waals surface area contributed by atoms with Crippen molar-refractivity contribution in [3.05, 3.63) is 40.1 Å². The number of hydrogen-bond donors (Lipinski definition) is 1. The van der Waals surface area contributed by atoms with Crippen LogP contribution in [-0.2, 0) is 6.42 Å². The number of hydrogen-bond acceptors (Lipinski definition) is 5. The van der Waals surface area contributed by atoms with Crippen LogP contribution in [0.1, 0.15) is 16.4 Å². The summed E-state index contributed by atoms with van der Waals surface area (Å²) in [7, 11) is 0. The van der Waals surface area contributed by atoms with Crippen molar-refractivity contribution in [1.82, 2.24) is 9.97 Å². The van der Waals surface area contributed by atoms with E-state index in [1.54, 1.807) is 17.5 Å². The molecule has 4 nitrogen and oxygen atoms in total. The average molecular weight is 244 g/mol. The van der Waals surface area contributed by atoms with E-state index in [2.05, 4.69) is 26.7 Å². The zero-order valence-corrected chi connectivity index (χ0v) is 10.3. The van der Waals surface area contributed by atoms with Crippen LogP contribution in [0.2, 0.25) is 0 Å². The van der Waals surface area contributed by atoms with E-state index in [4.69, 9.17) is 5.26 Å². The number of pyridine rings is 1. The third-order valence-electron chi connectivity index (χ3n) is 2.28. The highest BCUT2D eigenvalue weighted by Gasteiger charge is 2.02. The zero-order chi connectivity index (χ0) is 12.1. The highest BCUT2D eigenvalue weighted by atomic mass is 32.1. The summed E-state index contributed by atoms with van der Waals surface area (Å²) >= 11 is 1.65. The van der Waals surface area contributed by atoms with Gasteiger partial charge in [-0.2, -0.15) is 5.26 Å². The molecule has 0 aliphatic carbocycles. The molecule has 2 aromatic rings. The van der Waals surface area contributed by atoms with Crippen LogP contribution < -0.4 is 5.32 Å². The number of aromatic nitrogens is 2. The van der Waals surface area contributed by atoms with Gasteiger partial charge in [0.25, 0.3) is 0 Å². The fourth-order valence-electron chi connectivity index (χ4n) is 1.49. The summed E-state index contributed by atoms with van der Waals surface area (Å²) < 4.78 is 0. The van der Waals surface area contributed by atoms with E-state index in [9.17, 15) is 0 Å². The minimum Gasteiger partial charge on any atom is -0.382 e. The van der Waals surface area contributed by atoms with Gasteiger partial charge in [-0.3, -0.25) is 0 Å². The van der Waals surface area contributed by atoms with Crippen LogP contribution in [0.4, 0.5) is 5.69 Å². The molecule has 17 heavy (non-hydrogen) atoms. The Bertz CT molecular complexity index is 541. The van der Waals surface area contributed by atoms with Gasteiger partial charge in [0.2, 0.25) is 0 Å². The molecule has 0 fully saturated rings. The van der Waals surface area contributed by atoms with Crippen molar-refractivity contribution in [2.24, 2.45) is 0 Å². The quantitative estimate of drug-likeness (QED) is 0.897. The molecule has 0 aromatic carbocycles. The Hall–Kier alpha value is -1.93. The van der Waals surface area contributed by atoms with Gasteiger partial charge in [-0.15, -0.1) is 11.3 Å². The number of anilines is 1. The van der Waals surface area contributed by atoms with Crippen LogP contribution in [0.15, 0.2) is 23.7 Å². The number of nitrogens with zero attached hydrogens (tertiary/aromatic N) is 3. The van der Waals surface area contributed by atoms with E-state index in [1.807, 2.05) is 19.1 Å². The van der Waals surface area contributed by atoms with E-state index < -0.39 is 0 Å². The van der Waals surface area contributed by atoms with Crippen LogP contribution in [0.3, 0.4) is 0 Å². The summed E-state index contributed by atoms with van der Waals surface area (Å²) in [6.45, 7) is 2.75. The molecule has 86 valence electrons. The molecule has 0 aliphatic heterocycles. The molecular formula is C12H12N4S. The SMILES string of the molecule is Cc1nc(CCNc2cccnc2C#N)cs1. The largest absolute Gasteiger partial charge is 0.382 e. The van der Waals surface area contributed by atoms with Crippen molar-refractivity contribution in [1.29, 1.82) is 5.26 Å². The maximum absolute atomic E-state index is 8.87. The van der Waals surface area contributed by atoms with Gasteiger partial charge in [-0.05, 0) is 19.1 Å². The van der Waals surface area contributed by atoms with Crippen molar-refractivity contribution in [3.8, 4) is 6.07 Å². The third-order valence-corrected chi connectivity index (χ3v) is 3.10. The second-order valence-electron chi connectivity index (χ2n) is 3.55. The van der Waals surface area contributed by atoms with Gasteiger partial charge in [-0.1, -0.05) is 0 Å². The number of nitrogens with one attached hydrogen (secondary N) is 1. The van der Waals surface area contributed by atoms with Gasteiger partial charge < -0.3 is 5.32 Å². The minimum atomic E-state index is 0.432. The molecule has 0 saturated heterocycles. The predicted molar refractivity (Wildman–Crippen MR) is 68.0 cm³/mol. The third kappa shape index (κ3) is 3.02. The summed E-state index contributed by atoms with van der Waals surface area (Å²) in [5, 5.41) is 15.2. The highest BCUT2D eigenvalue weighted by Crippen LogP contribution is 2.12. The monoisotopic (exact) mass is 244 g/mol. The standard InChI is InChI=1S/C12H12N4S/c1-9-16-10(8-17-9)4-6-15-11-3-2-5-14-12(11)7-13/h2-3,5,8,15H,4,6H2,1H3. The van der Waals surface area contributed by atoms with Crippen LogP contribution in [0.5, 0.6) is 0 Å². The number of rotatable bonds is 4. The lowest BCUT2D eigenvalue weighted by atomic mass is 10.3. The second-order valence-corrected chi connectivity index (χ2v) is 4.61. The minimum absolute atomic E-state index is 0.432. The van der Waals surface area contributed by atoms with E-state index in [0.717, 1.165) is 29.4 Å². The first-order valence-electron chi connectivity index (χ1n) is 5.29. The van der Waals surface area contributed by atoms with Crippen LogP contribution in [-0.4, -0.2) is 16.5 Å². The van der Waals surface area contributed by atoms with Gasteiger partial charge in [0.1, 0.15) is 6.07 Å². The van der Waals surface area contributed by atoms with Gasteiger partial charge in [-0.25, -0.2) is 9.97 Å². The Labute approximate surface area is 104 Å². The van der Waals surface area contributed by atoms with Gasteiger partial charge >= 0.3 is 0 Å². The maximum atomic E-state index is 8.87. The molecule has 0 spiro atoms. The van der Waals surface area contributed by atoms with Crippen LogP contribution in [0.25, 0.3) is 0 Å². The lowest BCUT2D eigenvalue weighted by Gasteiger charge is -2.05. The highest BCUT2D eigenvalue weighted by molar-refractivity contribution is 7.09. The first-order chi connectivity index (χ1) is 8.29.